The van der Waals surface area contributed by atoms with E-state index < -0.39 is 4.92 Å². The van der Waals surface area contributed by atoms with Gasteiger partial charge in [0.2, 0.25) is 0 Å². The second-order valence-electron chi connectivity index (χ2n) is 4.38. The monoisotopic (exact) mass is 306 g/mol. The van der Waals surface area contributed by atoms with Gasteiger partial charge < -0.3 is 10.1 Å². The molecule has 0 aliphatic rings. The summed E-state index contributed by atoms with van der Waals surface area (Å²) in [6.07, 6.45) is 0. The van der Waals surface area contributed by atoms with Gasteiger partial charge in [0, 0.05) is 17.6 Å². The van der Waals surface area contributed by atoms with E-state index in [1.807, 2.05) is 6.92 Å². The molecule has 0 aliphatic heterocycles. The first kappa shape index (κ1) is 15.1. The minimum Gasteiger partial charge on any atom is -0.489 e. The third-order valence-electron chi connectivity index (χ3n) is 2.84. The number of hydrogen-bond acceptors (Lipinski definition) is 4. The molecule has 0 amide bonds. The Bertz CT molecular complexity index is 629. The van der Waals surface area contributed by atoms with Crippen LogP contribution in [0.3, 0.4) is 0 Å². The fourth-order valence-electron chi connectivity index (χ4n) is 1.86. The van der Waals surface area contributed by atoms with Crippen molar-refractivity contribution in [2.24, 2.45) is 0 Å². The molecule has 0 spiro atoms. The van der Waals surface area contributed by atoms with Gasteiger partial charge in [-0.25, -0.2) is 0 Å². The molecular formula is C15H15ClN2O3. The van der Waals surface area contributed by atoms with Crippen LogP contribution in [0.15, 0.2) is 42.5 Å². The van der Waals surface area contributed by atoms with Gasteiger partial charge in [-0.15, -0.1) is 0 Å². The van der Waals surface area contributed by atoms with Crippen LogP contribution in [0.4, 0.5) is 11.4 Å². The second-order valence-corrected chi connectivity index (χ2v) is 4.82. The average molecular weight is 307 g/mol. The third kappa shape index (κ3) is 4.10. The van der Waals surface area contributed by atoms with Crippen LogP contribution in [0.5, 0.6) is 5.75 Å². The number of hydrogen-bond donors (Lipinski definition) is 1. The summed E-state index contributed by atoms with van der Waals surface area (Å²) < 4.78 is 5.62. The Morgan fingerprint density at radius 3 is 2.57 bits per heavy atom. The predicted molar refractivity (Wildman–Crippen MR) is 83.0 cm³/mol. The molecule has 0 aromatic heterocycles. The summed E-state index contributed by atoms with van der Waals surface area (Å²) in [6, 6.07) is 12.0. The summed E-state index contributed by atoms with van der Waals surface area (Å²) in [6.45, 7) is 2.83. The third-order valence-corrected chi connectivity index (χ3v) is 3.10. The molecule has 110 valence electrons. The van der Waals surface area contributed by atoms with Gasteiger partial charge in [0.1, 0.15) is 18.0 Å². The highest BCUT2D eigenvalue weighted by atomic mass is 35.5. The number of nitrogens with zero attached hydrogens (tertiary/aromatic N) is 1. The Morgan fingerprint density at radius 2 is 1.95 bits per heavy atom. The number of nitro groups is 1. The predicted octanol–water partition coefficient (Wildman–Crippen LogP) is 4.26. The fraction of sp³-hybridized carbons (Fsp3) is 0.200. The molecular weight excluding hydrogens is 292 g/mol. The number of benzene rings is 2. The zero-order chi connectivity index (χ0) is 15.2. The van der Waals surface area contributed by atoms with Crippen LogP contribution in [0.25, 0.3) is 0 Å². The van der Waals surface area contributed by atoms with Crippen molar-refractivity contribution in [1.82, 2.24) is 0 Å². The first-order valence-corrected chi connectivity index (χ1v) is 6.87. The van der Waals surface area contributed by atoms with Gasteiger partial charge in [0.25, 0.3) is 5.69 Å². The van der Waals surface area contributed by atoms with E-state index in [-0.39, 0.29) is 5.69 Å². The molecule has 0 unspecified atom stereocenters. The van der Waals surface area contributed by atoms with Crippen LogP contribution in [0, 0.1) is 10.1 Å². The van der Waals surface area contributed by atoms with Crippen LogP contribution in [-0.4, -0.2) is 11.5 Å². The van der Waals surface area contributed by atoms with E-state index in [2.05, 4.69) is 5.32 Å². The first-order chi connectivity index (χ1) is 10.1. The van der Waals surface area contributed by atoms with E-state index in [1.54, 1.807) is 36.4 Å². The van der Waals surface area contributed by atoms with Crippen molar-refractivity contribution in [2.75, 3.05) is 11.9 Å². The van der Waals surface area contributed by atoms with Crippen molar-refractivity contribution in [1.29, 1.82) is 0 Å². The van der Waals surface area contributed by atoms with Gasteiger partial charge >= 0.3 is 0 Å². The van der Waals surface area contributed by atoms with Crippen molar-refractivity contribution in [3.8, 4) is 5.75 Å². The van der Waals surface area contributed by atoms with Gasteiger partial charge in [-0.3, -0.25) is 10.1 Å². The van der Waals surface area contributed by atoms with E-state index in [1.165, 1.54) is 6.07 Å². The zero-order valence-electron chi connectivity index (χ0n) is 11.5. The molecule has 0 saturated heterocycles. The van der Waals surface area contributed by atoms with Crippen LogP contribution < -0.4 is 10.1 Å². The number of ether oxygens (including phenoxy) is 1. The Kier molecular flexibility index (Phi) is 5.00. The lowest BCUT2D eigenvalue weighted by Gasteiger charge is -2.09. The lowest BCUT2D eigenvalue weighted by atomic mass is 10.2. The molecule has 2 aromatic carbocycles. The SMILES string of the molecule is CCNc1cc(COc2ccc(Cl)cc2)ccc1[N+](=O)[O-]. The minimum absolute atomic E-state index is 0.0621. The van der Waals surface area contributed by atoms with Crippen molar-refractivity contribution < 1.29 is 9.66 Å². The summed E-state index contributed by atoms with van der Waals surface area (Å²) in [5.74, 6) is 0.697. The summed E-state index contributed by atoms with van der Waals surface area (Å²) in [5.41, 5.74) is 1.42. The summed E-state index contributed by atoms with van der Waals surface area (Å²) in [7, 11) is 0. The molecule has 5 nitrogen and oxygen atoms in total. The van der Waals surface area contributed by atoms with Crippen molar-refractivity contribution >= 4 is 23.0 Å². The van der Waals surface area contributed by atoms with Gasteiger partial charge in [-0.05, 0) is 48.9 Å². The van der Waals surface area contributed by atoms with Gasteiger partial charge in [0.05, 0.1) is 4.92 Å². The van der Waals surface area contributed by atoms with E-state index in [9.17, 15) is 10.1 Å². The van der Waals surface area contributed by atoms with E-state index in [0.29, 0.717) is 29.6 Å². The molecule has 0 atom stereocenters. The molecule has 0 bridgehead atoms. The maximum Gasteiger partial charge on any atom is 0.292 e. The van der Waals surface area contributed by atoms with E-state index >= 15 is 0 Å². The molecule has 2 rings (SSSR count). The smallest absolute Gasteiger partial charge is 0.292 e. The molecule has 6 heteroatoms. The number of rotatable bonds is 6. The van der Waals surface area contributed by atoms with Crippen LogP contribution >= 0.6 is 11.6 Å². The lowest BCUT2D eigenvalue weighted by molar-refractivity contribution is -0.384. The van der Waals surface area contributed by atoms with Crippen molar-refractivity contribution in [3.05, 3.63) is 63.2 Å². The van der Waals surface area contributed by atoms with Crippen LogP contribution in [0.1, 0.15) is 12.5 Å². The molecule has 0 heterocycles. The first-order valence-electron chi connectivity index (χ1n) is 6.49. The Labute approximate surface area is 127 Å². The molecule has 0 fully saturated rings. The molecule has 0 saturated carbocycles. The molecule has 0 aliphatic carbocycles. The van der Waals surface area contributed by atoms with Crippen LogP contribution in [-0.2, 0) is 6.61 Å². The summed E-state index contributed by atoms with van der Waals surface area (Å²) in [4.78, 5) is 10.5. The highest BCUT2D eigenvalue weighted by Crippen LogP contribution is 2.26. The van der Waals surface area contributed by atoms with Gasteiger partial charge in [-0.2, -0.15) is 0 Å². The largest absolute Gasteiger partial charge is 0.489 e. The lowest BCUT2D eigenvalue weighted by Crippen LogP contribution is -2.03. The molecule has 0 radical (unpaired) electrons. The van der Waals surface area contributed by atoms with Gasteiger partial charge in [0.15, 0.2) is 0 Å². The van der Waals surface area contributed by atoms with Crippen LogP contribution in [0.2, 0.25) is 5.02 Å². The number of nitrogens with one attached hydrogen (secondary N) is 1. The minimum atomic E-state index is -0.401. The van der Waals surface area contributed by atoms with Gasteiger partial charge in [-0.1, -0.05) is 11.6 Å². The van der Waals surface area contributed by atoms with E-state index in [0.717, 1.165) is 5.56 Å². The van der Waals surface area contributed by atoms with E-state index in [4.69, 9.17) is 16.3 Å². The average Bonchev–Trinajstić information content (AvgIpc) is 2.47. The highest BCUT2D eigenvalue weighted by Gasteiger charge is 2.13. The molecule has 2 aromatic rings. The van der Waals surface area contributed by atoms with Crippen molar-refractivity contribution in [2.45, 2.75) is 13.5 Å². The maximum absolute atomic E-state index is 10.9. The molecule has 1 N–H and O–H groups in total. The normalized spacial score (nSPS) is 10.2. The highest BCUT2D eigenvalue weighted by molar-refractivity contribution is 6.30. The Hall–Kier alpha value is -2.27. The fourth-order valence-corrected chi connectivity index (χ4v) is 1.99. The number of anilines is 1. The topological polar surface area (TPSA) is 64.4 Å². The quantitative estimate of drug-likeness (QED) is 0.640. The zero-order valence-corrected chi connectivity index (χ0v) is 12.3. The number of nitro benzene ring substituents is 1. The second kappa shape index (κ2) is 6.95. The Morgan fingerprint density at radius 1 is 1.24 bits per heavy atom. The summed E-state index contributed by atoms with van der Waals surface area (Å²) in [5, 5.41) is 14.6. The molecule has 21 heavy (non-hydrogen) atoms. The maximum atomic E-state index is 10.9. The number of halogens is 1. The van der Waals surface area contributed by atoms with Crippen molar-refractivity contribution in [3.63, 3.8) is 0 Å². The Balaban J connectivity index is 2.11. The summed E-state index contributed by atoms with van der Waals surface area (Å²) >= 11 is 5.80. The standard InChI is InChI=1S/C15H15ClN2O3/c1-2-17-14-9-11(3-8-15(14)18(19)20)10-21-13-6-4-12(16)5-7-13/h3-9,17H,2,10H2,1H3.